The van der Waals surface area contributed by atoms with E-state index >= 15 is 0 Å². The Morgan fingerprint density at radius 2 is 2.08 bits per heavy atom. The summed E-state index contributed by atoms with van der Waals surface area (Å²) in [6.07, 6.45) is 8.65. The average molecular weight is 330 g/mol. The standard InChI is InChI=1S/C18H22N2O4/c1-13(19-17(21)14-8-10-23-12-14)18(22)20(15-5-2-3-6-15)11-16-7-4-9-24-16/h4,7-10,12-13,15H,2-3,5-6,11H2,1H3,(H,19,21)/t13-/m0/s1. The Bertz CT molecular complexity index is 657. The second-order valence-electron chi connectivity index (χ2n) is 6.19. The van der Waals surface area contributed by atoms with Crippen molar-refractivity contribution < 1.29 is 18.4 Å². The molecule has 0 radical (unpaired) electrons. The highest BCUT2D eigenvalue weighted by molar-refractivity contribution is 5.97. The molecule has 3 rings (SSSR count). The third kappa shape index (κ3) is 3.69. The van der Waals surface area contributed by atoms with E-state index in [1.54, 1.807) is 19.3 Å². The fraction of sp³-hybridized carbons (Fsp3) is 0.444. The molecule has 2 aromatic rings. The Labute approximate surface area is 140 Å². The maximum absolute atomic E-state index is 12.9. The predicted octanol–water partition coefficient (Wildman–Crippen LogP) is 2.96. The van der Waals surface area contributed by atoms with Crippen molar-refractivity contribution in [2.45, 2.75) is 51.2 Å². The normalized spacial score (nSPS) is 16.0. The molecule has 128 valence electrons. The van der Waals surface area contributed by atoms with E-state index in [0.29, 0.717) is 12.1 Å². The van der Waals surface area contributed by atoms with Crippen LogP contribution < -0.4 is 5.32 Å². The van der Waals surface area contributed by atoms with Crippen molar-refractivity contribution in [2.24, 2.45) is 0 Å². The maximum Gasteiger partial charge on any atom is 0.255 e. The molecular weight excluding hydrogens is 308 g/mol. The minimum absolute atomic E-state index is 0.0878. The van der Waals surface area contributed by atoms with Crippen molar-refractivity contribution in [1.29, 1.82) is 0 Å². The second-order valence-corrected chi connectivity index (χ2v) is 6.19. The summed E-state index contributed by atoms with van der Waals surface area (Å²) in [5.41, 5.74) is 0.410. The Balaban J connectivity index is 1.68. The molecule has 1 N–H and O–H groups in total. The van der Waals surface area contributed by atoms with E-state index < -0.39 is 6.04 Å². The second kappa shape index (κ2) is 7.38. The summed E-state index contributed by atoms with van der Waals surface area (Å²) in [6, 6.07) is 4.85. The molecule has 0 spiro atoms. The van der Waals surface area contributed by atoms with Crippen molar-refractivity contribution in [3.05, 3.63) is 48.3 Å². The average Bonchev–Trinajstić information content (AvgIpc) is 3.35. The van der Waals surface area contributed by atoms with Gasteiger partial charge in [0.1, 0.15) is 18.1 Å². The van der Waals surface area contributed by atoms with E-state index in [0.717, 1.165) is 31.4 Å². The molecule has 2 amide bonds. The topological polar surface area (TPSA) is 75.7 Å². The summed E-state index contributed by atoms with van der Waals surface area (Å²) in [7, 11) is 0. The van der Waals surface area contributed by atoms with E-state index in [-0.39, 0.29) is 17.9 Å². The third-order valence-corrected chi connectivity index (χ3v) is 4.46. The Kier molecular flexibility index (Phi) is 5.03. The zero-order chi connectivity index (χ0) is 16.9. The number of amides is 2. The SMILES string of the molecule is C[C@H](NC(=O)c1ccoc1)C(=O)N(Cc1ccco1)C1CCCC1. The minimum atomic E-state index is -0.608. The first-order valence-electron chi connectivity index (χ1n) is 8.31. The molecule has 24 heavy (non-hydrogen) atoms. The summed E-state index contributed by atoms with van der Waals surface area (Å²) in [5, 5.41) is 2.74. The maximum atomic E-state index is 12.9. The molecule has 2 aromatic heterocycles. The largest absolute Gasteiger partial charge is 0.472 e. The summed E-state index contributed by atoms with van der Waals surface area (Å²) < 4.78 is 10.3. The van der Waals surface area contributed by atoms with Crippen molar-refractivity contribution >= 4 is 11.8 Å². The van der Waals surface area contributed by atoms with Gasteiger partial charge in [0.2, 0.25) is 5.91 Å². The smallest absolute Gasteiger partial charge is 0.255 e. The van der Waals surface area contributed by atoms with Crippen LogP contribution >= 0.6 is 0 Å². The van der Waals surface area contributed by atoms with Gasteiger partial charge in [-0.05, 0) is 38.0 Å². The first kappa shape index (κ1) is 16.4. The van der Waals surface area contributed by atoms with E-state index in [4.69, 9.17) is 8.83 Å². The molecule has 1 fully saturated rings. The van der Waals surface area contributed by atoms with Crippen molar-refractivity contribution in [1.82, 2.24) is 10.2 Å². The highest BCUT2D eigenvalue weighted by atomic mass is 16.3. The van der Waals surface area contributed by atoms with E-state index in [1.165, 1.54) is 12.5 Å². The number of nitrogens with zero attached hydrogens (tertiary/aromatic N) is 1. The first-order valence-corrected chi connectivity index (χ1v) is 8.31. The summed E-state index contributed by atoms with van der Waals surface area (Å²) >= 11 is 0. The van der Waals surface area contributed by atoms with Crippen LogP contribution in [-0.4, -0.2) is 28.8 Å². The summed E-state index contributed by atoms with van der Waals surface area (Å²) in [6.45, 7) is 2.15. The van der Waals surface area contributed by atoms with Crippen LogP contribution in [0.4, 0.5) is 0 Å². The molecular formula is C18H22N2O4. The molecule has 1 atom stereocenters. The zero-order valence-corrected chi connectivity index (χ0v) is 13.7. The van der Waals surface area contributed by atoms with Gasteiger partial charge in [-0.25, -0.2) is 0 Å². The number of nitrogens with one attached hydrogen (secondary N) is 1. The highest BCUT2D eigenvalue weighted by Crippen LogP contribution is 2.25. The summed E-state index contributed by atoms with van der Waals surface area (Å²) in [5.74, 6) is 0.354. The lowest BCUT2D eigenvalue weighted by molar-refractivity contribution is -0.136. The van der Waals surface area contributed by atoms with Crippen LogP contribution in [0.5, 0.6) is 0 Å². The van der Waals surface area contributed by atoms with Gasteiger partial charge in [0.05, 0.1) is 24.6 Å². The molecule has 6 nitrogen and oxygen atoms in total. The minimum Gasteiger partial charge on any atom is -0.472 e. The molecule has 0 aliphatic heterocycles. The Morgan fingerprint density at radius 3 is 2.71 bits per heavy atom. The molecule has 0 aromatic carbocycles. The molecule has 1 aliphatic rings. The molecule has 0 unspecified atom stereocenters. The monoisotopic (exact) mass is 330 g/mol. The lowest BCUT2D eigenvalue weighted by Gasteiger charge is -2.31. The fourth-order valence-corrected chi connectivity index (χ4v) is 3.16. The van der Waals surface area contributed by atoms with Gasteiger partial charge in [0.15, 0.2) is 0 Å². The Morgan fingerprint density at radius 1 is 1.29 bits per heavy atom. The zero-order valence-electron chi connectivity index (χ0n) is 13.7. The third-order valence-electron chi connectivity index (χ3n) is 4.46. The van der Waals surface area contributed by atoms with Gasteiger partial charge in [0.25, 0.3) is 5.91 Å². The molecule has 2 heterocycles. The van der Waals surface area contributed by atoms with Crippen molar-refractivity contribution in [3.63, 3.8) is 0 Å². The predicted molar refractivity (Wildman–Crippen MR) is 87.2 cm³/mol. The van der Waals surface area contributed by atoms with Gasteiger partial charge in [-0.3, -0.25) is 9.59 Å². The molecule has 1 aliphatic carbocycles. The number of rotatable bonds is 6. The number of carbonyl (C=O) groups excluding carboxylic acids is 2. The lowest BCUT2D eigenvalue weighted by atomic mass is 10.1. The number of furan rings is 2. The molecule has 6 heteroatoms. The van der Waals surface area contributed by atoms with Crippen LogP contribution in [0, 0.1) is 0 Å². The van der Waals surface area contributed by atoms with Crippen LogP contribution in [-0.2, 0) is 11.3 Å². The Hall–Kier alpha value is -2.50. The van der Waals surface area contributed by atoms with Gasteiger partial charge in [-0.2, -0.15) is 0 Å². The molecule has 1 saturated carbocycles. The van der Waals surface area contributed by atoms with Crippen LogP contribution in [0.2, 0.25) is 0 Å². The fourth-order valence-electron chi connectivity index (χ4n) is 3.16. The van der Waals surface area contributed by atoms with Crippen LogP contribution in [0.15, 0.2) is 45.8 Å². The quantitative estimate of drug-likeness (QED) is 0.883. The van der Waals surface area contributed by atoms with Gasteiger partial charge in [0, 0.05) is 6.04 Å². The number of hydrogen-bond acceptors (Lipinski definition) is 4. The van der Waals surface area contributed by atoms with Gasteiger partial charge in [-0.1, -0.05) is 12.8 Å². The van der Waals surface area contributed by atoms with Gasteiger partial charge < -0.3 is 19.1 Å². The number of hydrogen-bond donors (Lipinski definition) is 1. The van der Waals surface area contributed by atoms with Crippen LogP contribution in [0.25, 0.3) is 0 Å². The van der Waals surface area contributed by atoms with Gasteiger partial charge >= 0.3 is 0 Å². The van der Waals surface area contributed by atoms with E-state index in [1.807, 2.05) is 17.0 Å². The first-order chi connectivity index (χ1) is 11.6. The highest BCUT2D eigenvalue weighted by Gasteiger charge is 2.31. The number of carbonyl (C=O) groups is 2. The van der Waals surface area contributed by atoms with E-state index in [9.17, 15) is 9.59 Å². The van der Waals surface area contributed by atoms with Crippen molar-refractivity contribution in [3.8, 4) is 0 Å². The summed E-state index contributed by atoms with van der Waals surface area (Å²) in [4.78, 5) is 26.9. The van der Waals surface area contributed by atoms with Crippen LogP contribution in [0.3, 0.4) is 0 Å². The van der Waals surface area contributed by atoms with Crippen LogP contribution in [0.1, 0.15) is 48.7 Å². The van der Waals surface area contributed by atoms with Crippen molar-refractivity contribution in [2.75, 3.05) is 0 Å². The molecule has 0 saturated heterocycles. The molecule has 0 bridgehead atoms. The lowest BCUT2D eigenvalue weighted by Crippen LogP contribution is -2.49. The van der Waals surface area contributed by atoms with Gasteiger partial charge in [-0.15, -0.1) is 0 Å². The van der Waals surface area contributed by atoms with E-state index in [2.05, 4.69) is 5.32 Å².